The maximum Gasteiger partial charge on any atom is 0.317 e. The largest absolute Gasteiger partial charge is 0.480 e. The lowest BCUT2D eigenvalue weighted by molar-refractivity contribution is -0.143. The number of amidine groups is 1. The van der Waals surface area contributed by atoms with E-state index < -0.39 is 37.0 Å². The molecule has 0 amide bonds. The zero-order valence-corrected chi connectivity index (χ0v) is 15.9. The Bertz CT molecular complexity index is 575. The van der Waals surface area contributed by atoms with Gasteiger partial charge in [0.15, 0.2) is 0 Å². The second-order valence-electron chi connectivity index (χ2n) is 5.25. The number of nitrogens with zero attached hydrogens (tertiary/aromatic N) is 4. The van der Waals surface area contributed by atoms with E-state index in [9.17, 15) is 19.2 Å². The Morgan fingerprint density at radius 3 is 1.40 bits per heavy atom. The van der Waals surface area contributed by atoms with E-state index in [0.717, 1.165) is 0 Å². The topological polar surface area (TPSA) is 284 Å². The number of oxime groups is 1. The van der Waals surface area contributed by atoms with Crippen LogP contribution in [-0.4, -0.2) is 110 Å². The fraction of sp³-hybridized carbons (Fsp3) is 0.571. The molecule has 0 aliphatic rings. The van der Waals surface area contributed by atoms with Crippen LogP contribution in [0.1, 0.15) is 12.8 Å². The Morgan fingerprint density at radius 1 is 0.800 bits per heavy atom. The van der Waals surface area contributed by atoms with E-state index in [1.807, 2.05) is 6.07 Å². The first-order chi connectivity index (χ1) is 14.0. The van der Waals surface area contributed by atoms with Gasteiger partial charge in [-0.05, 0) is 0 Å². The van der Waals surface area contributed by atoms with Crippen molar-refractivity contribution in [3.63, 3.8) is 0 Å². The Labute approximate surface area is 170 Å². The molecule has 0 aromatic rings. The molecule has 0 atom stereocenters. The van der Waals surface area contributed by atoms with E-state index in [1.54, 1.807) is 0 Å². The number of carboxylic acids is 4. The summed E-state index contributed by atoms with van der Waals surface area (Å²) in [4.78, 5) is 43.6. The molecule has 0 unspecified atom stereocenters. The maximum absolute atomic E-state index is 10.4. The average molecular weight is 438 g/mol. The third-order valence-electron chi connectivity index (χ3n) is 2.79. The molecule has 0 aromatic heterocycles. The number of aliphatic carboxylic acids is 4. The molecule has 16 heteroatoms. The molecule has 16 nitrogen and oxygen atoms in total. The quantitative estimate of drug-likeness (QED) is 0.0628. The van der Waals surface area contributed by atoms with Gasteiger partial charge in [0.25, 0.3) is 0 Å². The Hall–Kier alpha value is -3.52. The summed E-state index contributed by atoms with van der Waals surface area (Å²) in [7, 11) is 0. The third-order valence-corrected chi connectivity index (χ3v) is 2.79. The Balaban J connectivity index is -0.000000452. The summed E-state index contributed by atoms with van der Waals surface area (Å²) in [5.41, 5.74) is 5.16. The highest BCUT2D eigenvalue weighted by Crippen LogP contribution is 1.92. The number of carboxylic acid groups (broad SMARTS) is 4. The van der Waals surface area contributed by atoms with Gasteiger partial charge in [0, 0.05) is 25.9 Å². The van der Waals surface area contributed by atoms with Crippen molar-refractivity contribution in [2.45, 2.75) is 12.8 Å². The maximum atomic E-state index is 10.4. The van der Waals surface area contributed by atoms with Crippen LogP contribution in [-0.2, 0) is 19.2 Å². The molecule has 0 saturated carbocycles. The zero-order chi connectivity index (χ0) is 24.1. The van der Waals surface area contributed by atoms with Crippen LogP contribution in [0.5, 0.6) is 0 Å². The standard InChI is InChI=1S/C7H13N3O5.C7H10N2O4.H3NO/c8-5(9-15)1-2-10(3-6(11)12)4-7(13)14;8-2-1-3-9(4-6(10)11)5-7(12)13;1-2/h15H,1-4H2,(H2,8,9)(H,11,12)(H,13,14);1,3-5H2,(H,10,11)(H,12,13);2H,1H2. The number of hydrogen-bond donors (Lipinski definition) is 8. The minimum Gasteiger partial charge on any atom is -0.480 e. The second kappa shape index (κ2) is 20.2. The van der Waals surface area contributed by atoms with Gasteiger partial charge in [0.2, 0.25) is 0 Å². The summed E-state index contributed by atoms with van der Waals surface area (Å²) in [6.45, 7) is -1.23. The Morgan fingerprint density at radius 2 is 1.13 bits per heavy atom. The molecule has 0 spiro atoms. The van der Waals surface area contributed by atoms with Gasteiger partial charge in [-0.1, -0.05) is 5.16 Å². The molecule has 30 heavy (non-hydrogen) atoms. The van der Waals surface area contributed by atoms with Crippen LogP contribution in [0, 0.1) is 11.3 Å². The molecular weight excluding hydrogens is 412 g/mol. The van der Waals surface area contributed by atoms with E-state index >= 15 is 0 Å². The van der Waals surface area contributed by atoms with Gasteiger partial charge in [-0.25, -0.2) is 5.90 Å². The van der Waals surface area contributed by atoms with Gasteiger partial charge in [-0.2, -0.15) is 5.26 Å². The first-order valence-electron chi connectivity index (χ1n) is 7.92. The van der Waals surface area contributed by atoms with Crippen molar-refractivity contribution in [2.24, 2.45) is 16.8 Å². The molecule has 172 valence electrons. The van der Waals surface area contributed by atoms with Crippen molar-refractivity contribution < 1.29 is 50.0 Å². The summed E-state index contributed by atoms with van der Waals surface area (Å²) in [6, 6.07) is 1.82. The van der Waals surface area contributed by atoms with E-state index in [4.69, 9.17) is 41.8 Å². The van der Waals surface area contributed by atoms with E-state index in [2.05, 4.69) is 11.1 Å². The van der Waals surface area contributed by atoms with Crippen LogP contribution in [0.25, 0.3) is 0 Å². The molecule has 0 saturated heterocycles. The summed E-state index contributed by atoms with van der Waals surface area (Å²) >= 11 is 0. The van der Waals surface area contributed by atoms with E-state index in [-0.39, 0.29) is 44.9 Å². The first kappa shape index (κ1) is 31.2. The van der Waals surface area contributed by atoms with Crippen molar-refractivity contribution in [3.05, 3.63) is 0 Å². The lowest BCUT2D eigenvalue weighted by Crippen LogP contribution is -2.36. The fourth-order valence-electron chi connectivity index (χ4n) is 1.72. The number of nitriles is 1. The van der Waals surface area contributed by atoms with Crippen molar-refractivity contribution in [1.82, 2.24) is 9.80 Å². The molecule has 0 radical (unpaired) electrons. The number of hydrogen-bond acceptors (Lipinski definition) is 11. The van der Waals surface area contributed by atoms with Crippen LogP contribution in [0.2, 0.25) is 0 Å². The molecule has 0 aromatic carbocycles. The zero-order valence-electron chi connectivity index (χ0n) is 15.9. The molecule has 0 heterocycles. The van der Waals surface area contributed by atoms with Gasteiger partial charge < -0.3 is 36.6 Å². The molecule has 10 N–H and O–H groups in total. The predicted molar refractivity (Wildman–Crippen MR) is 97.7 cm³/mol. The fourth-order valence-corrected chi connectivity index (χ4v) is 1.72. The van der Waals surface area contributed by atoms with Crippen molar-refractivity contribution >= 4 is 29.7 Å². The second-order valence-corrected chi connectivity index (χ2v) is 5.25. The number of carbonyl (C=O) groups is 4. The lowest BCUT2D eigenvalue weighted by Gasteiger charge is -2.16. The third kappa shape index (κ3) is 24.5. The average Bonchev–Trinajstić information content (AvgIpc) is 2.64. The molecule has 0 rings (SSSR count). The van der Waals surface area contributed by atoms with Gasteiger partial charge in [0.05, 0.1) is 32.2 Å². The molecule has 0 aliphatic heterocycles. The van der Waals surface area contributed by atoms with Gasteiger partial charge in [0.1, 0.15) is 5.84 Å². The smallest absolute Gasteiger partial charge is 0.317 e. The number of rotatable bonds is 13. The van der Waals surface area contributed by atoms with Gasteiger partial charge in [-0.3, -0.25) is 29.0 Å². The minimum absolute atomic E-state index is 0.0734. The van der Waals surface area contributed by atoms with Crippen LogP contribution in [0.3, 0.4) is 0 Å². The predicted octanol–water partition coefficient (Wildman–Crippen LogP) is -2.70. The Kier molecular flexibility index (Phi) is 21.0. The normalized spacial score (nSPS) is 10.2. The van der Waals surface area contributed by atoms with E-state index in [1.165, 1.54) is 9.80 Å². The summed E-state index contributed by atoms with van der Waals surface area (Å²) < 4.78 is 0. The van der Waals surface area contributed by atoms with Crippen molar-refractivity contribution in [2.75, 3.05) is 39.3 Å². The lowest BCUT2D eigenvalue weighted by atomic mass is 10.3. The SMILES string of the molecule is N#CCCN(CC(=O)O)CC(=O)O.N/C(CCN(CC(=O)O)CC(=O)O)=N\O.NO. The van der Waals surface area contributed by atoms with Crippen molar-refractivity contribution in [1.29, 1.82) is 5.26 Å². The highest BCUT2D eigenvalue weighted by molar-refractivity contribution is 5.80. The van der Waals surface area contributed by atoms with Crippen LogP contribution < -0.4 is 11.6 Å². The molecule has 0 fully saturated rings. The highest BCUT2D eigenvalue weighted by Gasteiger charge is 2.13. The molecule has 0 bridgehead atoms. The monoisotopic (exact) mass is 438 g/mol. The van der Waals surface area contributed by atoms with Crippen LogP contribution in [0.4, 0.5) is 0 Å². The van der Waals surface area contributed by atoms with Crippen LogP contribution >= 0.6 is 0 Å². The molecular formula is C14H26N6O10. The molecule has 0 aliphatic carbocycles. The van der Waals surface area contributed by atoms with Gasteiger partial charge >= 0.3 is 23.9 Å². The van der Waals surface area contributed by atoms with Crippen molar-refractivity contribution in [3.8, 4) is 6.07 Å². The number of nitrogens with two attached hydrogens (primary N) is 2. The van der Waals surface area contributed by atoms with Crippen LogP contribution in [0.15, 0.2) is 5.16 Å². The minimum atomic E-state index is -1.13. The first-order valence-corrected chi connectivity index (χ1v) is 7.92. The summed E-state index contributed by atoms with van der Waals surface area (Å²) in [5, 5.41) is 59.3. The van der Waals surface area contributed by atoms with Gasteiger partial charge in [-0.15, -0.1) is 0 Å². The summed E-state index contributed by atoms with van der Waals surface area (Å²) in [6.07, 6.45) is 0.234. The summed E-state index contributed by atoms with van der Waals surface area (Å²) in [5.74, 6) is -1.03. The highest BCUT2D eigenvalue weighted by atomic mass is 16.4. The van der Waals surface area contributed by atoms with E-state index in [0.29, 0.717) is 0 Å².